The molecule has 1 unspecified atom stereocenters. The first kappa shape index (κ1) is 9.53. The van der Waals surface area contributed by atoms with Crippen molar-refractivity contribution in [1.29, 1.82) is 0 Å². The maximum absolute atomic E-state index is 10.5. The Kier molecular flexibility index (Phi) is 2.46. The molecule has 0 spiro atoms. The molecular formula is C11H12ClNO. The Morgan fingerprint density at radius 2 is 2.43 bits per heavy atom. The van der Waals surface area contributed by atoms with Crippen LogP contribution in [0.3, 0.4) is 0 Å². The van der Waals surface area contributed by atoms with Crippen molar-refractivity contribution in [3.05, 3.63) is 28.8 Å². The molecule has 1 aliphatic heterocycles. The molecule has 1 heterocycles. The summed E-state index contributed by atoms with van der Waals surface area (Å²) >= 11 is 5.93. The molecule has 2 rings (SSSR count). The Balaban J connectivity index is 2.40. The highest BCUT2D eigenvalue weighted by molar-refractivity contribution is 6.30. The van der Waals surface area contributed by atoms with E-state index in [1.54, 1.807) is 0 Å². The molecule has 0 N–H and O–H groups in total. The molecule has 0 aromatic heterocycles. The number of benzene rings is 1. The molecule has 74 valence electrons. The number of carbonyl (C=O) groups excluding carboxylic acids is 1. The fraction of sp³-hybridized carbons (Fsp3) is 0.364. The van der Waals surface area contributed by atoms with Crippen LogP contribution < -0.4 is 4.90 Å². The molecular weight excluding hydrogens is 198 g/mol. The summed E-state index contributed by atoms with van der Waals surface area (Å²) in [5.74, 6) is 0.311. The Morgan fingerprint density at radius 1 is 1.64 bits per heavy atom. The summed E-state index contributed by atoms with van der Waals surface area (Å²) in [7, 11) is 2.04. The lowest BCUT2D eigenvalue weighted by Gasteiger charge is -2.11. The van der Waals surface area contributed by atoms with Crippen molar-refractivity contribution in [2.24, 2.45) is 0 Å². The van der Waals surface area contributed by atoms with Crippen LogP contribution in [0.5, 0.6) is 0 Å². The Morgan fingerprint density at radius 3 is 3.14 bits per heavy atom. The van der Waals surface area contributed by atoms with Gasteiger partial charge in [0, 0.05) is 36.6 Å². The minimum Gasteiger partial charge on any atom is -0.374 e. The maximum Gasteiger partial charge on any atom is 0.120 e. The Hall–Kier alpha value is -1.02. The van der Waals surface area contributed by atoms with Gasteiger partial charge >= 0.3 is 0 Å². The van der Waals surface area contributed by atoms with Gasteiger partial charge in [0.15, 0.2) is 0 Å². The van der Waals surface area contributed by atoms with E-state index in [0.29, 0.717) is 12.3 Å². The van der Waals surface area contributed by atoms with Gasteiger partial charge in [-0.05, 0) is 23.8 Å². The third-order valence-corrected chi connectivity index (χ3v) is 2.95. The smallest absolute Gasteiger partial charge is 0.120 e. The predicted molar refractivity (Wildman–Crippen MR) is 58.1 cm³/mol. The fourth-order valence-corrected chi connectivity index (χ4v) is 2.23. The first-order valence-electron chi connectivity index (χ1n) is 4.66. The Labute approximate surface area is 88.5 Å². The number of aldehydes is 1. The van der Waals surface area contributed by atoms with Crippen molar-refractivity contribution >= 4 is 23.6 Å². The highest BCUT2D eigenvalue weighted by Gasteiger charge is 2.25. The monoisotopic (exact) mass is 209 g/mol. The zero-order valence-corrected chi connectivity index (χ0v) is 8.79. The van der Waals surface area contributed by atoms with Crippen LogP contribution >= 0.6 is 11.6 Å². The number of nitrogens with zero attached hydrogens (tertiary/aromatic N) is 1. The molecule has 0 aliphatic carbocycles. The second kappa shape index (κ2) is 3.62. The van der Waals surface area contributed by atoms with Gasteiger partial charge in [-0.3, -0.25) is 0 Å². The number of fused-ring (bicyclic) bond motifs is 1. The van der Waals surface area contributed by atoms with Crippen molar-refractivity contribution in [2.45, 2.75) is 12.3 Å². The van der Waals surface area contributed by atoms with Crippen LogP contribution in [-0.2, 0) is 4.79 Å². The summed E-state index contributed by atoms with van der Waals surface area (Å²) in [5.41, 5.74) is 2.40. The van der Waals surface area contributed by atoms with Crippen molar-refractivity contribution in [2.75, 3.05) is 18.5 Å². The second-order valence-corrected chi connectivity index (χ2v) is 4.12. The van der Waals surface area contributed by atoms with Gasteiger partial charge in [-0.15, -0.1) is 0 Å². The van der Waals surface area contributed by atoms with Gasteiger partial charge in [-0.2, -0.15) is 0 Å². The molecule has 0 saturated heterocycles. The van der Waals surface area contributed by atoms with E-state index in [-0.39, 0.29) is 0 Å². The number of hydrogen-bond donors (Lipinski definition) is 0. The van der Waals surface area contributed by atoms with Crippen LogP contribution in [0.1, 0.15) is 17.9 Å². The number of likely N-dealkylation sites (N-methyl/N-ethyl adjacent to an activating group) is 1. The minimum absolute atomic E-state index is 0.311. The standard InChI is InChI=1S/C11H12ClNO/c1-13-7-8(4-5-14)10-6-9(12)2-3-11(10)13/h2-3,5-6,8H,4,7H2,1H3. The van der Waals surface area contributed by atoms with E-state index in [2.05, 4.69) is 4.90 Å². The number of halogens is 1. The summed E-state index contributed by atoms with van der Waals surface area (Å²) in [5, 5.41) is 0.745. The van der Waals surface area contributed by atoms with Crippen molar-refractivity contribution in [3.8, 4) is 0 Å². The second-order valence-electron chi connectivity index (χ2n) is 3.68. The molecule has 0 fully saturated rings. The van der Waals surface area contributed by atoms with Gasteiger partial charge in [-0.1, -0.05) is 11.6 Å². The lowest BCUT2D eigenvalue weighted by molar-refractivity contribution is -0.108. The van der Waals surface area contributed by atoms with Crippen LogP contribution in [-0.4, -0.2) is 19.9 Å². The summed E-state index contributed by atoms with van der Waals surface area (Å²) in [6.45, 7) is 0.911. The predicted octanol–water partition coefficient (Wildman–Crippen LogP) is 2.46. The zero-order chi connectivity index (χ0) is 10.1. The first-order valence-corrected chi connectivity index (χ1v) is 5.04. The molecule has 1 aromatic rings. The first-order chi connectivity index (χ1) is 6.72. The van der Waals surface area contributed by atoms with Crippen LogP contribution in [0, 0.1) is 0 Å². The molecule has 1 aliphatic rings. The number of rotatable bonds is 2. The summed E-state index contributed by atoms with van der Waals surface area (Å²) in [6.07, 6.45) is 1.56. The Bertz CT molecular complexity index is 364. The van der Waals surface area contributed by atoms with Crippen molar-refractivity contribution < 1.29 is 4.79 Å². The minimum atomic E-state index is 0.311. The van der Waals surface area contributed by atoms with Gasteiger partial charge in [0.05, 0.1) is 0 Å². The van der Waals surface area contributed by atoms with E-state index < -0.39 is 0 Å². The third kappa shape index (κ3) is 1.50. The van der Waals surface area contributed by atoms with Gasteiger partial charge in [0.2, 0.25) is 0 Å². The molecule has 14 heavy (non-hydrogen) atoms. The van der Waals surface area contributed by atoms with E-state index in [9.17, 15) is 4.79 Å². The number of carbonyl (C=O) groups is 1. The van der Waals surface area contributed by atoms with Crippen LogP contribution in [0.15, 0.2) is 18.2 Å². The number of hydrogen-bond acceptors (Lipinski definition) is 2. The van der Waals surface area contributed by atoms with Gasteiger partial charge in [0.1, 0.15) is 6.29 Å². The lowest BCUT2D eigenvalue weighted by atomic mass is 9.99. The molecule has 1 aromatic carbocycles. The zero-order valence-electron chi connectivity index (χ0n) is 8.03. The van der Waals surface area contributed by atoms with E-state index in [0.717, 1.165) is 17.9 Å². The molecule has 3 heteroatoms. The lowest BCUT2D eigenvalue weighted by Crippen LogP contribution is -2.15. The van der Waals surface area contributed by atoms with E-state index in [1.165, 1.54) is 11.3 Å². The topological polar surface area (TPSA) is 20.3 Å². The summed E-state index contributed by atoms with van der Waals surface area (Å²) < 4.78 is 0. The molecule has 0 saturated carbocycles. The molecule has 2 nitrogen and oxygen atoms in total. The molecule has 0 bridgehead atoms. The van der Waals surface area contributed by atoms with Gasteiger partial charge in [-0.25, -0.2) is 0 Å². The van der Waals surface area contributed by atoms with Gasteiger partial charge in [0.25, 0.3) is 0 Å². The SMILES string of the molecule is CN1CC(CC=O)c2cc(Cl)ccc21. The largest absolute Gasteiger partial charge is 0.374 e. The summed E-state index contributed by atoms with van der Waals surface area (Å²) in [4.78, 5) is 12.7. The van der Waals surface area contributed by atoms with Gasteiger partial charge < -0.3 is 9.69 Å². The number of anilines is 1. The normalized spacial score (nSPS) is 19.6. The highest BCUT2D eigenvalue weighted by Crippen LogP contribution is 2.38. The van der Waals surface area contributed by atoms with Crippen molar-refractivity contribution in [1.82, 2.24) is 0 Å². The highest BCUT2D eigenvalue weighted by atomic mass is 35.5. The van der Waals surface area contributed by atoms with Crippen LogP contribution in [0.4, 0.5) is 5.69 Å². The maximum atomic E-state index is 10.5. The van der Waals surface area contributed by atoms with Crippen molar-refractivity contribution in [3.63, 3.8) is 0 Å². The van der Waals surface area contributed by atoms with E-state index >= 15 is 0 Å². The third-order valence-electron chi connectivity index (χ3n) is 2.72. The quantitative estimate of drug-likeness (QED) is 0.698. The molecule has 0 amide bonds. The fourth-order valence-electron chi connectivity index (χ4n) is 2.04. The van der Waals surface area contributed by atoms with Crippen LogP contribution in [0.2, 0.25) is 5.02 Å². The summed E-state index contributed by atoms with van der Waals surface area (Å²) in [6, 6.07) is 5.87. The van der Waals surface area contributed by atoms with E-state index in [4.69, 9.17) is 11.6 Å². The van der Waals surface area contributed by atoms with Crippen LogP contribution in [0.25, 0.3) is 0 Å². The molecule has 1 atom stereocenters. The average molecular weight is 210 g/mol. The average Bonchev–Trinajstić information content (AvgIpc) is 2.44. The van der Waals surface area contributed by atoms with E-state index in [1.807, 2.05) is 25.2 Å². The molecule has 0 radical (unpaired) electrons.